The molecule has 0 amide bonds. The van der Waals surface area contributed by atoms with Gasteiger partial charge in [0.25, 0.3) is 0 Å². The largest absolute Gasteiger partial charge is 0.228 e. The lowest BCUT2D eigenvalue weighted by Crippen LogP contribution is -2.31. The molecule has 0 saturated heterocycles. The zero-order valence-electron chi connectivity index (χ0n) is 10.3. The Morgan fingerprint density at radius 3 is 2.47 bits per heavy atom. The van der Waals surface area contributed by atoms with Gasteiger partial charge in [-0.25, -0.2) is 13.6 Å². The summed E-state index contributed by atoms with van der Waals surface area (Å²) in [6.07, 6.45) is 2.33. The van der Waals surface area contributed by atoms with Crippen molar-refractivity contribution >= 4 is 10.0 Å². The van der Waals surface area contributed by atoms with Crippen LogP contribution in [-0.4, -0.2) is 13.7 Å². The molecule has 94 valence electrons. The van der Waals surface area contributed by atoms with Crippen LogP contribution in [0, 0.1) is 6.92 Å². The van der Waals surface area contributed by atoms with Crippen molar-refractivity contribution in [1.82, 2.24) is 0 Å². The van der Waals surface area contributed by atoms with Crippen LogP contribution in [-0.2, 0) is 10.0 Å². The monoisotopic (exact) mass is 253 g/mol. The standard InChI is InChI=1S/C13H19NO2S/c1-4-7-13(11(3)17(14,15)16)12-9-6-5-8-10(12)2/h4-6,8-9,11,13H,1,7H2,2-3H3,(H2,14,15,16)/t11-,13+/m0/s1. The molecule has 4 heteroatoms. The van der Waals surface area contributed by atoms with Gasteiger partial charge in [0.2, 0.25) is 10.0 Å². The molecule has 0 aliphatic carbocycles. The molecule has 0 heterocycles. The molecule has 0 unspecified atom stereocenters. The molecule has 3 nitrogen and oxygen atoms in total. The number of allylic oxidation sites excluding steroid dienone is 1. The molecule has 0 radical (unpaired) electrons. The lowest BCUT2D eigenvalue weighted by molar-refractivity contribution is 0.562. The second-order valence-corrected chi connectivity index (χ2v) is 6.20. The van der Waals surface area contributed by atoms with Crippen molar-refractivity contribution in [2.75, 3.05) is 0 Å². The third-order valence-corrected chi connectivity index (χ3v) is 4.46. The van der Waals surface area contributed by atoms with Gasteiger partial charge in [-0.1, -0.05) is 30.3 Å². The van der Waals surface area contributed by atoms with Gasteiger partial charge in [-0.15, -0.1) is 6.58 Å². The molecule has 1 aromatic rings. The average Bonchev–Trinajstić information content (AvgIpc) is 2.25. The van der Waals surface area contributed by atoms with Gasteiger partial charge < -0.3 is 0 Å². The number of rotatable bonds is 5. The highest BCUT2D eigenvalue weighted by atomic mass is 32.2. The minimum absolute atomic E-state index is 0.135. The van der Waals surface area contributed by atoms with Crippen molar-refractivity contribution in [2.45, 2.75) is 31.4 Å². The lowest BCUT2D eigenvalue weighted by atomic mass is 9.90. The number of primary sulfonamides is 1. The van der Waals surface area contributed by atoms with E-state index in [0.29, 0.717) is 6.42 Å². The topological polar surface area (TPSA) is 60.2 Å². The Kier molecular flexibility index (Phi) is 4.48. The van der Waals surface area contributed by atoms with E-state index < -0.39 is 15.3 Å². The van der Waals surface area contributed by atoms with Crippen LogP contribution in [0.25, 0.3) is 0 Å². The number of benzene rings is 1. The molecule has 0 spiro atoms. The number of sulfonamides is 1. The molecule has 17 heavy (non-hydrogen) atoms. The summed E-state index contributed by atoms with van der Waals surface area (Å²) >= 11 is 0. The van der Waals surface area contributed by atoms with Crippen LogP contribution in [0.5, 0.6) is 0 Å². The van der Waals surface area contributed by atoms with E-state index >= 15 is 0 Å². The first-order chi connectivity index (χ1) is 7.88. The predicted octanol–water partition coefficient (Wildman–Crippen LogP) is 2.33. The van der Waals surface area contributed by atoms with Crippen LogP contribution in [0.3, 0.4) is 0 Å². The third-order valence-electron chi connectivity index (χ3n) is 3.09. The van der Waals surface area contributed by atoms with E-state index in [0.717, 1.165) is 11.1 Å². The van der Waals surface area contributed by atoms with Crippen LogP contribution >= 0.6 is 0 Å². The van der Waals surface area contributed by atoms with Crippen LogP contribution in [0.15, 0.2) is 36.9 Å². The molecule has 1 aromatic carbocycles. The summed E-state index contributed by atoms with van der Waals surface area (Å²) in [6, 6.07) is 7.77. The van der Waals surface area contributed by atoms with Crippen molar-refractivity contribution in [3.8, 4) is 0 Å². The first-order valence-electron chi connectivity index (χ1n) is 5.56. The molecular weight excluding hydrogens is 234 g/mol. The Bertz CT molecular complexity index is 494. The van der Waals surface area contributed by atoms with E-state index in [1.165, 1.54) is 0 Å². The molecule has 0 aliphatic heterocycles. The fourth-order valence-electron chi connectivity index (χ4n) is 1.98. The zero-order chi connectivity index (χ0) is 13.1. The number of hydrogen-bond acceptors (Lipinski definition) is 2. The Hall–Kier alpha value is -1.13. The Balaban J connectivity index is 3.19. The number of aryl methyl sites for hydroxylation is 1. The Labute approximate surface area is 103 Å². The van der Waals surface area contributed by atoms with E-state index in [4.69, 9.17) is 5.14 Å². The summed E-state index contributed by atoms with van der Waals surface area (Å²) < 4.78 is 23.0. The zero-order valence-corrected chi connectivity index (χ0v) is 11.1. The van der Waals surface area contributed by atoms with Gasteiger partial charge in [0.05, 0.1) is 5.25 Å². The highest BCUT2D eigenvalue weighted by molar-refractivity contribution is 7.89. The molecule has 1 rings (SSSR count). The molecule has 0 aliphatic rings. The maximum Gasteiger partial charge on any atom is 0.212 e. The second-order valence-electron chi connectivity index (χ2n) is 4.28. The van der Waals surface area contributed by atoms with Crippen LogP contribution in [0.1, 0.15) is 30.4 Å². The number of hydrogen-bond donors (Lipinski definition) is 1. The quantitative estimate of drug-likeness (QED) is 0.819. The van der Waals surface area contributed by atoms with Crippen LogP contribution in [0.2, 0.25) is 0 Å². The van der Waals surface area contributed by atoms with Gasteiger partial charge in [-0.2, -0.15) is 0 Å². The van der Waals surface area contributed by atoms with Gasteiger partial charge in [-0.05, 0) is 31.4 Å². The van der Waals surface area contributed by atoms with E-state index in [2.05, 4.69) is 6.58 Å². The van der Waals surface area contributed by atoms with Crippen molar-refractivity contribution in [3.05, 3.63) is 48.0 Å². The molecule has 2 N–H and O–H groups in total. The summed E-state index contributed by atoms with van der Waals surface area (Å²) in [4.78, 5) is 0. The van der Waals surface area contributed by atoms with Crippen LogP contribution < -0.4 is 5.14 Å². The molecule has 0 aromatic heterocycles. The van der Waals surface area contributed by atoms with Gasteiger partial charge in [0.15, 0.2) is 0 Å². The highest BCUT2D eigenvalue weighted by Crippen LogP contribution is 2.29. The van der Waals surface area contributed by atoms with Crippen LogP contribution in [0.4, 0.5) is 0 Å². The second kappa shape index (κ2) is 5.47. The number of nitrogens with two attached hydrogens (primary N) is 1. The lowest BCUT2D eigenvalue weighted by Gasteiger charge is -2.23. The van der Waals surface area contributed by atoms with Crippen molar-refractivity contribution in [1.29, 1.82) is 0 Å². The normalized spacial score (nSPS) is 15.2. The van der Waals surface area contributed by atoms with Crippen molar-refractivity contribution < 1.29 is 8.42 Å². The average molecular weight is 253 g/mol. The molecule has 0 bridgehead atoms. The van der Waals surface area contributed by atoms with Gasteiger partial charge in [-0.3, -0.25) is 0 Å². The molecular formula is C13H19NO2S. The summed E-state index contributed by atoms with van der Waals surface area (Å²) in [6.45, 7) is 7.31. The first-order valence-corrected chi connectivity index (χ1v) is 7.17. The molecule has 0 fully saturated rings. The Morgan fingerprint density at radius 1 is 1.41 bits per heavy atom. The van der Waals surface area contributed by atoms with Gasteiger partial charge >= 0.3 is 0 Å². The van der Waals surface area contributed by atoms with E-state index in [1.807, 2.05) is 31.2 Å². The minimum atomic E-state index is -3.54. The fourth-order valence-corrected chi connectivity index (χ4v) is 2.70. The predicted molar refractivity (Wildman–Crippen MR) is 71.3 cm³/mol. The van der Waals surface area contributed by atoms with Gasteiger partial charge in [0.1, 0.15) is 0 Å². The van der Waals surface area contributed by atoms with Crippen molar-refractivity contribution in [2.24, 2.45) is 5.14 Å². The van der Waals surface area contributed by atoms with E-state index in [-0.39, 0.29) is 5.92 Å². The summed E-state index contributed by atoms with van der Waals surface area (Å²) in [7, 11) is -3.54. The van der Waals surface area contributed by atoms with Gasteiger partial charge in [0, 0.05) is 5.92 Å². The van der Waals surface area contributed by atoms with E-state index in [9.17, 15) is 8.42 Å². The van der Waals surface area contributed by atoms with Crippen molar-refractivity contribution in [3.63, 3.8) is 0 Å². The maximum absolute atomic E-state index is 11.5. The summed E-state index contributed by atoms with van der Waals surface area (Å²) in [5.74, 6) is -0.135. The SMILES string of the molecule is C=CC[C@@H](c1ccccc1C)[C@H](C)S(N)(=O)=O. The summed E-state index contributed by atoms with van der Waals surface area (Å²) in [5.41, 5.74) is 2.10. The molecule has 2 atom stereocenters. The third kappa shape index (κ3) is 3.41. The molecule has 0 saturated carbocycles. The highest BCUT2D eigenvalue weighted by Gasteiger charge is 2.27. The van der Waals surface area contributed by atoms with E-state index in [1.54, 1.807) is 13.0 Å². The fraction of sp³-hybridized carbons (Fsp3) is 0.385. The first kappa shape index (κ1) is 13.9. The minimum Gasteiger partial charge on any atom is -0.228 e. The summed E-state index contributed by atoms with van der Waals surface area (Å²) in [5, 5.41) is 4.63. The smallest absolute Gasteiger partial charge is 0.212 e. The Morgan fingerprint density at radius 2 is 2.00 bits per heavy atom. The maximum atomic E-state index is 11.5.